The number of hydrogen-bond acceptors (Lipinski definition) is 3. The van der Waals surface area contributed by atoms with Crippen molar-refractivity contribution in [2.75, 3.05) is 20.1 Å². The summed E-state index contributed by atoms with van der Waals surface area (Å²) in [5, 5.41) is 0. The number of hydrogen-bond donors (Lipinski definition) is 0. The minimum absolute atomic E-state index is 0.0552. The van der Waals surface area contributed by atoms with Gasteiger partial charge in [-0.25, -0.2) is 4.98 Å². The first kappa shape index (κ1) is 17.5. The molecule has 0 N–H and O–H groups in total. The van der Waals surface area contributed by atoms with Gasteiger partial charge in [0.05, 0.1) is 5.69 Å². The van der Waals surface area contributed by atoms with Crippen LogP contribution in [0.15, 0.2) is 30.6 Å². The molecule has 6 heteroatoms. The molecule has 1 aliphatic rings. The van der Waals surface area contributed by atoms with Crippen molar-refractivity contribution in [3.8, 4) is 0 Å². The summed E-state index contributed by atoms with van der Waals surface area (Å²) in [4.78, 5) is 33.3. The van der Waals surface area contributed by atoms with Crippen molar-refractivity contribution in [1.82, 2.24) is 19.2 Å². The van der Waals surface area contributed by atoms with Gasteiger partial charge in [-0.1, -0.05) is 25.8 Å². The third kappa shape index (κ3) is 3.83. The fourth-order valence-electron chi connectivity index (χ4n) is 3.37. The number of aryl methyl sites for hydroxylation is 1. The number of likely N-dealkylation sites (N-methyl/N-ethyl adjacent to an activating group) is 1. The molecule has 1 unspecified atom stereocenters. The predicted molar refractivity (Wildman–Crippen MR) is 96.2 cm³/mol. The van der Waals surface area contributed by atoms with Gasteiger partial charge >= 0.3 is 0 Å². The molecule has 3 heterocycles. The van der Waals surface area contributed by atoms with E-state index in [1.54, 1.807) is 9.80 Å². The van der Waals surface area contributed by atoms with Gasteiger partial charge in [0.1, 0.15) is 11.7 Å². The second-order valence-corrected chi connectivity index (χ2v) is 6.70. The van der Waals surface area contributed by atoms with Crippen molar-refractivity contribution >= 4 is 17.5 Å². The molecule has 0 spiro atoms. The number of imidazole rings is 1. The molecule has 1 saturated heterocycles. The van der Waals surface area contributed by atoms with Crippen molar-refractivity contribution in [1.29, 1.82) is 0 Å². The maximum atomic E-state index is 12.7. The van der Waals surface area contributed by atoms with Crippen LogP contribution in [0.4, 0.5) is 0 Å². The molecule has 1 fully saturated rings. The van der Waals surface area contributed by atoms with E-state index in [4.69, 9.17) is 0 Å². The van der Waals surface area contributed by atoms with Crippen molar-refractivity contribution in [2.45, 2.75) is 45.1 Å². The number of carbonyl (C=O) groups is 2. The smallest absolute Gasteiger partial charge is 0.245 e. The SMILES string of the molecule is CCCCC1C(=O)N(C)CCN1C(=O)CCc1cn2ccccc2n1. The van der Waals surface area contributed by atoms with Gasteiger partial charge in [0.2, 0.25) is 11.8 Å². The summed E-state index contributed by atoms with van der Waals surface area (Å²) in [6.45, 7) is 3.34. The summed E-state index contributed by atoms with van der Waals surface area (Å²) in [7, 11) is 1.82. The molecule has 0 aromatic carbocycles. The number of fused-ring (bicyclic) bond motifs is 1. The molecule has 6 nitrogen and oxygen atoms in total. The molecular formula is C19H26N4O2. The molecule has 25 heavy (non-hydrogen) atoms. The van der Waals surface area contributed by atoms with Crippen LogP contribution >= 0.6 is 0 Å². The summed E-state index contributed by atoms with van der Waals surface area (Å²) < 4.78 is 1.96. The highest BCUT2D eigenvalue weighted by Gasteiger charge is 2.34. The highest BCUT2D eigenvalue weighted by molar-refractivity contribution is 5.88. The van der Waals surface area contributed by atoms with Crippen LogP contribution in [0.3, 0.4) is 0 Å². The van der Waals surface area contributed by atoms with E-state index in [-0.39, 0.29) is 17.9 Å². The number of pyridine rings is 1. The van der Waals surface area contributed by atoms with E-state index in [1.807, 2.05) is 42.0 Å². The Balaban J connectivity index is 1.64. The lowest BCUT2D eigenvalue weighted by atomic mass is 10.0. The van der Waals surface area contributed by atoms with E-state index in [9.17, 15) is 9.59 Å². The number of aromatic nitrogens is 2. The van der Waals surface area contributed by atoms with Crippen molar-refractivity contribution in [3.63, 3.8) is 0 Å². The fraction of sp³-hybridized carbons (Fsp3) is 0.526. The zero-order valence-corrected chi connectivity index (χ0v) is 15.0. The van der Waals surface area contributed by atoms with Crippen LogP contribution in [-0.4, -0.2) is 57.2 Å². The van der Waals surface area contributed by atoms with E-state index in [1.165, 1.54) is 0 Å². The Hall–Kier alpha value is -2.37. The molecule has 1 atom stereocenters. The summed E-state index contributed by atoms with van der Waals surface area (Å²) in [6.07, 6.45) is 7.64. The van der Waals surface area contributed by atoms with Crippen molar-refractivity contribution in [3.05, 3.63) is 36.3 Å². The molecule has 0 bridgehead atoms. The monoisotopic (exact) mass is 342 g/mol. The van der Waals surface area contributed by atoms with Crippen LogP contribution in [0.2, 0.25) is 0 Å². The Bertz CT molecular complexity index is 722. The zero-order valence-electron chi connectivity index (χ0n) is 15.0. The molecule has 3 rings (SSSR count). The van der Waals surface area contributed by atoms with Crippen LogP contribution in [0.5, 0.6) is 0 Å². The predicted octanol–water partition coefficient (Wildman–Crippen LogP) is 2.13. The van der Waals surface area contributed by atoms with Crippen molar-refractivity contribution in [2.24, 2.45) is 0 Å². The van der Waals surface area contributed by atoms with Gasteiger partial charge in [0, 0.05) is 39.0 Å². The second kappa shape index (κ2) is 7.68. The maximum Gasteiger partial charge on any atom is 0.245 e. The summed E-state index contributed by atoms with van der Waals surface area (Å²) in [5.74, 6) is 0.125. The Morgan fingerprint density at radius 2 is 2.16 bits per heavy atom. The number of carbonyl (C=O) groups excluding carboxylic acids is 2. The lowest BCUT2D eigenvalue weighted by molar-refractivity contribution is -0.150. The van der Waals surface area contributed by atoms with E-state index >= 15 is 0 Å². The molecular weight excluding hydrogens is 316 g/mol. The molecule has 0 saturated carbocycles. The first-order valence-corrected chi connectivity index (χ1v) is 9.07. The van der Waals surface area contributed by atoms with Crippen LogP contribution in [0, 0.1) is 0 Å². The second-order valence-electron chi connectivity index (χ2n) is 6.70. The highest BCUT2D eigenvalue weighted by Crippen LogP contribution is 2.18. The van der Waals surface area contributed by atoms with E-state index in [0.29, 0.717) is 25.9 Å². The minimum atomic E-state index is -0.299. The first-order chi connectivity index (χ1) is 12.1. The largest absolute Gasteiger partial charge is 0.342 e. The van der Waals surface area contributed by atoms with Crippen molar-refractivity contribution < 1.29 is 9.59 Å². The van der Waals surface area contributed by atoms with Crippen LogP contribution < -0.4 is 0 Å². The number of piperazine rings is 1. The van der Waals surface area contributed by atoms with E-state index in [0.717, 1.165) is 30.6 Å². The fourth-order valence-corrected chi connectivity index (χ4v) is 3.37. The number of unbranched alkanes of at least 4 members (excludes halogenated alkanes) is 1. The molecule has 1 aliphatic heterocycles. The normalized spacial score (nSPS) is 18.2. The van der Waals surface area contributed by atoms with Gasteiger partial charge in [-0.2, -0.15) is 0 Å². The van der Waals surface area contributed by atoms with E-state index in [2.05, 4.69) is 11.9 Å². The van der Waals surface area contributed by atoms with Gasteiger partial charge in [0.25, 0.3) is 0 Å². The third-order valence-electron chi connectivity index (χ3n) is 4.87. The molecule has 2 aromatic rings. The summed E-state index contributed by atoms with van der Waals surface area (Å²) in [5.41, 5.74) is 1.80. The van der Waals surface area contributed by atoms with E-state index < -0.39 is 0 Å². The standard InChI is InChI=1S/C19H26N4O2/c1-3-4-7-16-19(25)21(2)12-13-23(16)18(24)10-9-15-14-22-11-6-5-8-17(22)20-15/h5-6,8,11,14,16H,3-4,7,9-10,12-13H2,1-2H3. The summed E-state index contributed by atoms with van der Waals surface area (Å²) in [6, 6.07) is 5.56. The third-order valence-corrected chi connectivity index (χ3v) is 4.87. The topological polar surface area (TPSA) is 57.9 Å². The molecule has 0 aliphatic carbocycles. The average molecular weight is 342 g/mol. The average Bonchev–Trinajstić information content (AvgIpc) is 3.04. The molecule has 2 aromatic heterocycles. The maximum absolute atomic E-state index is 12.7. The number of rotatable bonds is 6. The van der Waals surface area contributed by atoms with Gasteiger partial charge in [0.15, 0.2) is 0 Å². The van der Waals surface area contributed by atoms with Crippen LogP contribution in [0.1, 0.15) is 38.3 Å². The van der Waals surface area contributed by atoms with Gasteiger partial charge < -0.3 is 14.2 Å². The molecule has 134 valence electrons. The Kier molecular flexibility index (Phi) is 5.36. The van der Waals surface area contributed by atoms with Gasteiger partial charge in [-0.3, -0.25) is 9.59 Å². The first-order valence-electron chi connectivity index (χ1n) is 9.07. The molecule has 2 amide bonds. The lowest BCUT2D eigenvalue weighted by Gasteiger charge is -2.39. The Labute approximate surface area is 148 Å². The quantitative estimate of drug-likeness (QED) is 0.808. The Morgan fingerprint density at radius 1 is 1.32 bits per heavy atom. The highest BCUT2D eigenvalue weighted by atomic mass is 16.2. The summed E-state index contributed by atoms with van der Waals surface area (Å²) >= 11 is 0. The van der Waals surface area contributed by atoms with Crippen LogP contribution in [0.25, 0.3) is 5.65 Å². The van der Waals surface area contributed by atoms with Crippen LogP contribution in [-0.2, 0) is 16.0 Å². The van der Waals surface area contributed by atoms with Gasteiger partial charge in [-0.05, 0) is 25.0 Å². The Morgan fingerprint density at radius 3 is 2.92 bits per heavy atom. The number of amides is 2. The zero-order chi connectivity index (χ0) is 17.8. The minimum Gasteiger partial charge on any atom is -0.342 e. The van der Waals surface area contributed by atoms with Gasteiger partial charge in [-0.15, -0.1) is 0 Å². The molecule has 0 radical (unpaired) electrons. The number of nitrogens with zero attached hydrogens (tertiary/aromatic N) is 4. The lowest BCUT2D eigenvalue weighted by Crippen LogP contribution is -2.57.